The maximum Gasteiger partial charge on any atom is 0.407 e. The molecule has 0 aromatic heterocycles. The third-order valence-corrected chi connectivity index (χ3v) is 2.62. The Bertz CT molecular complexity index is 264. The lowest BCUT2D eigenvalue weighted by atomic mass is 10.2. The number of carbonyl (C=O) groups excluding carboxylic acids is 2. The van der Waals surface area contributed by atoms with Gasteiger partial charge in [-0.2, -0.15) is 0 Å². The van der Waals surface area contributed by atoms with Crippen LogP contribution in [0.5, 0.6) is 0 Å². The number of nitrogens with one attached hydrogen (secondary N) is 2. The number of carbonyl (C=O) groups is 2. The van der Waals surface area contributed by atoms with Gasteiger partial charge in [-0.15, -0.1) is 11.6 Å². The molecule has 6 nitrogen and oxygen atoms in total. The summed E-state index contributed by atoms with van der Waals surface area (Å²) in [6.07, 6.45) is 2.58. The van der Waals surface area contributed by atoms with Gasteiger partial charge in [-0.3, -0.25) is 0 Å². The standard InChI is InChI=1S/C12H23ClN2O4/c1-10(9-15-11(16)18-2)19-12(17)14-8-6-4-3-5-7-13/h10H,3-9H2,1-2H3,(H,14,17)(H,15,16). The van der Waals surface area contributed by atoms with E-state index in [2.05, 4.69) is 15.4 Å². The molecule has 2 N–H and O–H groups in total. The lowest BCUT2D eigenvalue weighted by molar-refractivity contribution is 0.103. The topological polar surface area (TPSA) is 76.7 Å². The zero-order valence-corrected chi connectivity index (χ0v) is 12.3. The molecule has 0 aromatic rings. The third kappa shape index (κ3) is 11.6. The summed E-state index contributed by atoms with van der Waals surface area (Å²) in [4.78, 5) is 22.2. The van der Waals surface area contributed by atoms with Gasteiger partial charge in [-0.05, 0) is 19.8 Å². The number of hydrogen-bond donors (Lipinski definition) is 2. The molecule has 0 aliphatic rings. The first kappa shape index (κ1) is 17.8. The van der Waals surface area contributed by atoms with Gasteiger partial charge in [0.2, 0.25) is 0 Å². The van der Waals surface area contributed by atoms with Gasteiger partial charge >= 0.3 is 12.2 Å². The maximum absolute atomic E-state index is 11.4. The Kier molecular flexibility index (Phi) is 11.2. The van der Waals surface area contributed by atoms with E-state index in [0.717, 1.165) is 25.7 Å². The lowest BCUT2D eigenvalue weighted by Crippen LogP contribution is -2.36. The fourth-order valence-electron chi connectivity index (χ4n) is 1.33. The molecule has 0 radical (unpaired) electrons. The SMILES string of the molecule is COC(=O)NCC(C)OC(=O)NCCCCCCCl. The van der Waals surface area contributed by atoms with E-state index in [9.17, 15) is 9.59 Å². The first-order valence-corrected chi connectivity index (χ1v) is 6.95. The number of amides is 2. The van der Waals surface area contributed by atoms with Crippen LogP contribution < -0.4 is 10.6 Å². The van der Waals surface area contributed by atoms with Crippen LogP contribution in [0, 0.1) is 0 Å². The number of ether oxygens (including phenoxy) is 2. The van der Waals surface area contributed by atoms with Gasteiger partial charge in [0, 0.05) is 12.4 Å². The smallest absolute Gasteiger partial charge is 0.407 e. The van der Waals surface area contributed by atoms with Gasteiger partial charge in [0.05, 0.1) is 13.7 Å². The highest BCUT2D eigenvalue weighted by molar-refractivity contribution is 6.17. The molecule has 0 saturated carbocycles. The quantitative estimate of drug-likeness (QED) is 0.505. The van der Waals surface area contributed by atoms with E-state index in [4.69, 9.17) is 16.3 Å². The van der Waals surface area contributed by atoms with Crippen molar-refractivity contribution in [2.75, 3.05) is 26.1 Å². The maximum atomic E-state index is 11.4. The van der Waals surface area contributed by atoms with Crippen molar-refractivity contribution < 1.29 is 19.1 Å². The van der Waals surface area contributed by atoms with Crippen molar-refractivity contribution in [1.29, 1.82) is 0 Å². The Morgan fingerprint density at radius 1 is 1.11 bits per heavy atom. The van der Waals surface area contributed by atoms with E-state index in [1.165, 1.54) is 7.11 Å². The average molecular weight is 295 g/mol. The van der Waals surface area contributed by atoms with E-state index in [1.807, 2.05) is 0 Å². The fourth-order valence-corrected chi connectivity index (χ4v) is 1.52. The first-order valence-electron chi connectivity index (χ1n) is 6.42. The van der Waals surface area contributed by atoms with Crippen LogP contribution in [0.4, 0.5) is 9.59 Å². The number of methoxy groups -OCH3 is 1. The molecule has 0 aromatic carbocycles. The van der Waals surface area contributed by atoms with Crippen LogP contribution in [0.1, 0.15) is 32.6 Å². The van der Waals surface area contributed by atoms with Gasteiger partial charge in [0.1, 0.15) is 6.10 Å². The summed E-state index contributed by atoms with van der Waals surface area (Å²) in [6.45, 7) is 2.49. The monoisotopic (exact) mass is 294 g/mol. The van der Waals surface area contributed by atoms with Gasteiger partial charge in [0.25, 0.3) is 0 Å². The number of rotatable bonds is 9. The third-order valence-electron chi connectivity index (χ3n) is 2.36. The molecule has 0 bridgehead atoms. The van der Waals surface area contributed by atoms with Crippen molar-refractivity contribution in [3.8, 4) is 0 Å². The van der Waals surface area contributed by atoms with E-state index < -0.39 is 18.3 Å². The van der Waals surface area contributed by atoms with Crippen molar-refractivity contribution in [1.82, 2.24) is 10.6 Å². The predicted molar refractivity (Wildman–Crippen MR) is 73.5 cm³/mol. The van der Waals surface area contributed by atoms with Crippen LogP contribution in [-0.4, -0.2) is 44.4 Å². The molecule has 112 valence electrons. The summed E-state index contributed by atoms with van der Waals surface area (Å²) in [6, 6.07) is 0. The molecule has 1 atom stereocenters. The molecule has 0 aliphatic heterocycles. The Hall–Kier alpha value is -1.17. The number of hydrogen-bond acceptors (Lipinski definition) is 4. The molecule has 0 rings (SSSR count). The molecule has 7 heteroatoms. The zero-order chi connectivity index (χ0) is 14.5. The van der Waals surface area contributed by atoms with E-state index in [0.29, 0.717) is 12.4 Å². The second-order valence-electron chi connectivity index (χ2n) is 4.12. The lowest BCUT2D eigenvalue weighted by Gasteiger charge is -2.14. The minimum Gasteiger partial charge on any atom is -0.453 e. The van der Waals surface area contributed by atoms with Gasteiger partial charge in [0.15, 0.2) is 0 Å². The molecular weight excluding hydrogens is 272 g/mol. The highest BCUT2D eigenvalue weighted by atomic mass is 35.5. The fraction of sp³-hybridized carbons (Fsp3) is 0.833. The number of alkyl halides is 1. The van der Waals surface area contributed by atoms with E-state index >= 15 is 0 Å². The minimum absolute atomic E-state index is 0.218. The predicted octanol–water partition coefficient (Wildman–Crippen LogP) is 2.26. The van der Waals surface area contributed by atoms with Crippen LogP contribution in [0.25, 0.3) is 0 Å². The average Bonchev–Trinajstić information content (AvgIpc) is 2.39. The van der Waals surface area contributed by atoms with Crippen LogP contribution in [-0.2, 0) is 9.47 Å². The summed E-state index contributed by atoms with van der Waals surface area (Å²) in [5.74, 6) is 0.681. The molecule has 0 saturated heterocycles. The van der Waals surface area contributed by atoms with Gasteiger partial charge in [-0.25, -0.2) is 9.59 Å². The van der Waals surface area contributed by atoms with Crippen LogP contribution in [0.2, 0.25) is 0 Å². The molecule has 19 heavy (non-hydrogen) atoms. The second-order valence-corrected chi connectivity index (χ2v) is 4.50. The summed E-state index contributed by atoms with van der Waals surface area (Å²) in [7, 11) is 1.28. The van der Waals surface area contributed by atoms with E-state index in [1.54, 1.807) is 6.92 Å². The van der Waals surface area contributed by atoms with Crippen molar-refractivity contribution >= 4 is 23.8 Å². The van der Waals surface area contributed by atoms with Crippen LogP contribution in [0.15, 0.2) is 0 Å². The minimum atomic E-state index is -0.546. The van der Waals surface area contributed by atoms with Crippen molar-refractivity contribution in [3.05, 3.63) is 0 Å². The highest BCUT2D eigenvalue weighted by Crippen LogP contribution is 2.00. The largest absolute Gasteiger partial charge is 0.453 e. The van der Waals surface area contributed by atoms with Crippen molar-refractivity contribution in [2.24, 2.45) is 0 Å². The summed E-state index contributed by atoms with van der Waals surface area (Å²) >= 11 is 5.56. The Morgan fingerprint density at radius 3 is 2.42 bits per heavy atom. The van der Waals surface area contributed by atoms with Crippen molar-refractivity contribution in [3.63, 3.8) is 0 Å². The van der Waals surface area contributed by atoms with Gasteiger partial charge < -0.3 is 20.1 Å². The molecule has 0 heterocycles. The van der Waals surface area contributed by atoms with Crippen molar-refractivity contribution in [2.45, 2.75) is 38.7 Å². The summed E-state index contributed by atoms with van der Waals surface area (Å²) in [5.41, 5.74) is 0. The number of unbranched alkanes of at least 4 members (excludes halogenated alkanes) is 3. The number of alkyl carbamates (subject to hydrolysis) is 2. The molecular formula is C12H23ClN2O4. The molecule has 2 amide bonds. The first-order chi connectivity index (χ1) is 9.10. The van der Waals surface area contributed by atoms with Crippen LogP contribution in [0.3, 0.4) is 0 Å². The zero-order valence-electron chi connectivity index (χ0n) is 11.5. The molecule has 0 fully saturated rings. The second kappa shape index (κ2) is 11.9. The molecule has 0 spiro atoms. The summed E-state index contributed by atoms with van der Waals surface area (Å²) < 4.78 is 9.43. The van der Waals surface area contributed by atoms with E-state index in [-0.39, 0.29) is 6.54 Å². The summed E-state index contributed by atoms with van der Waals surface area (Å²) in [5, 5.41) is 5.10. The van der Waals surface area contributed by atoms with Crippen LogP contribution >= 0.6 is 11.6 Å². The Balaban J connectivity index is 3.49. The Morgan fingerprint density at radius 2 is 1.79 bits per heavy atom. The Labute approximate surface area is 119 Å². The molecule has 0 aliphatic carbocycles. The number of halogens is 1. The molecule has 1 unspecified atom stereocenters. The highest BCUT2D eigenvalue weighted by Gasteiger charge is 2.10. The normalized spacial score (nSPS) is 11.5. The van der Waals surface area contributed by atoms with Gasteiger partial charge in [-0.1, -0.05) is 12.8 Å².